The summed E-state index contributed by atoms with van der Waals surface area (Å²) in [6.45, 7) is 1.38. The van der Waals surface area contributed by atoms with Crippen LogP contribution in [0.25, 0.3) is 11.3 Å². The Morgan fingerprint density at radius 3 is 2.18 bits per heavy atom. The number of fused-ring (bicyclic) bond motifs is 3. The molecule has 0 saturated carbocycles. The minimum absolute atomic E-state index is 0.00112. The number of nitrogens with zero attached hydrogens (tertiary/aromatic N) is 3. The van der Waals surface area contributed by atoms with Gasteiger partial charge in [-0.2, -0.15) is 17.6 Å². The number of non-ortho nitro benzene ring substituents is 1. The van der Waals surface area contributed by atoms with E-state index in [1.165, 1.54) is 13.0 Å². The van der Waals surface area contributed by atoms with Crippen molar-refractivity contribution in [3.8, 4) is 11.3 Å². The standard InChI is InChI=1S/C18H11N3O6S/c1-10-15-16(13-4-2-3-5-14(13)17(22)18(15)23)19-20(10)28(26,27)12-8-6-11(7-9-12)21(24)25/h2-9H,1H3. The number of rotatable bonds is 3. The van der Waals surface area contributed by atoms with Gasteiger partial charge in [-0.15, -0.1) is 0 Å². The molecule has 4 rings (SSSR count). The van der Waals surface area contributed by atoms with Crippen molar-refractivity contribution in [2.24, 2.45) is 0 Å². The highest BCUT2D eigenvalue weighted by atomic mass is 32.2. The van der Waals surface area contributed by atoms with Gasteiger partial charge in [0.15, 0.2) is 0 Å². The van der Waals surface area contributed by atoms with Gasteiger partial charge in [-0.05, 0) is 19.1 Å². The number of hydrogen-bond acceptors (Lipinski definition) is 7. The average Bonchev–Trinajstić information content (AvgIpc) is 3.04. The Hall–Kier alpha value is -3.66. The molecule has 1 aromatic heterocycles. The van der Waals surface area contributed by atoms with Crippen LogP contribution in [-0.4, -0.2) is 34.1 Å². The molecule has 0 unspecified atom stereocenters. The van der Waals surface area contributed by atoms with Crippen LogP contribution in [0.4, 0.5) is 5.69 Å². The van der Waals surface area contributed by atoms with E-state index in [1.807, 2.05) is 0 Å². The lowest BCUT2D eigenvalue weighted by Gasteiger charge is -2.12. The van der Waals surface area contributed by atoms with Crippen LogP contribution in [0.3, 0.4) is 0 Å². The molecule has 1 heterocycles. The summed E-state index contributed by atoms with van der Waals surface area (Å²) >= 11 is 0. The zero-order valence-electron chi connectivity index (χ0n) is 14.3. The van der Waals surface area contributed by atoms with Gasteiger partial charge < -0.3 is 0 Å². The van der Waals surface area contributed by atoms with Crippen molar-refractivity contribution in [2.45, 2.75) is 11.8 Å². The quantitative estimate of drug-likeness (QED) is 0.377. The highest BCUT2D eigenvalue weighted by Gasteiger charge is 2.37. The summed E-state index contributed by atoms with van der Waals surface area (Å²) in [5.74, 6) is -1.55. The maximum atomic E-state index is 13.0. The number of benzene rings is 2. The highest BCUT2D eigenvalue weighted by molar-refractivity contribution is 7.89. The first-order chi connectivity index (χ1) is 13.2. The summed E-state index contributed by atoms with van der Waals surface area (Å²) < 4.78 is 26.7. The molecular formula is C18H11N3O6S. The average molecular weight is 397 g/mol. The van der Waals surface area contributed by atoms with Crippen molar-refractivity contribution in [1.82, 2.24) is 9.19 Å². The first-order valence-corrected chi connectivity index (χ1v) is 9.45. The molecular weight excluding hydrogens is 386 g/mol. The summed E-state index contributed by atoms with van der Waals surface area (Å²) in [6.07, 6.45) is 0. The van der Waals surface area contributed by atoms with Crippen molar-refractivity contribution in [1.29, 1.82) is 0 Å². The molecule has 3 aromatic rings. The van der Waals surface area contributed by atoms with Crippen molar-refractivity contribution in [3.63, 3.8) is 0 Å². The normalized spacial score (nSPS) is 13.2. The van der Waals surface area contributed by atoms with E-state index in [0.29, 0.717) is 9.65 Å². The van der Waals surface area contributed by atoms with E-state index in [0.717, 1.165) is 24.3 Å². The van der Waals surface area contributed by atoms with Gasteiger partial charge in [0.05, 0.1) is 21.1 Å². The van der Waals surface area contributed by atoms with E-state index < -0.39 is 26.5 Å². The maximum Gasteiger partial charge on any atom is 0.283 e. The predicted octanol–water partition coefficient (Wildman–Crippen LogP) is 2.38. The van der Waals surface area contributed by atoms with E-state index in [4.69, 9.17) is 0 Å². The second-order valence-electron chi connectivity index (χ2n) is 6.11. The predicted molar refractivity (Wildman–Crippen MR) is 96.7 cm³/mol. The molecule has 0 atom stereocenters. The fourth-order valence-electron chi connectivity index (χ4n) is 3.14. The third-order valence-electron chi connectivity index (χ3n) is 4.51. The molecule has 0 amide bonds. The monoisotopic (exact) mass is 397 g/mol. The summed E-state index contributed by atoms with van der Waals surface area (Å²) in [6, 6.07) is 10.6. The summed E-state index contributed by atoms with van der Waals surface area (Å²) in [5.41, 5.74) is 0.337. The molecule has 0 spiro atoms. The first-order valence-electron chi connectivity index (χ1n) is 8.01. The van der Waals surface area contributed by atoms with Crippen LogP contribution >= 0.6 is 0 Å². The molecule has 0 radical (unpaired) electrons. The number of Topliss-reactive ketones (excluding diaryl/α,β-unsaturated/α-hetero) is 2. The number of ketones is 2. The van der Waals surface area contributed by atoms with Gasteiger partial charge in [-0.1, -0.05) is 24.3 Å². The van der Waals surface area contributed by atoms with Crippen LogP contribution in [0.2, 0.25) is 0 Å². The molecule has 140 valence electrons. The van der Waals surface area contributed by atoms with E-state index >= 15 is 0 Å². The number of hydrogen-bond donors (Lipinski definition) is 0. The third kappa shape index (κ3) is 2.38. The maximum absolute atomic E-state index is 13.0. The van der Waals surface area contributed by atoms with Crippen LogP contribution in [0, 0.1) is 17.0 Å². The fourth-order valence-corrected chi connectivity index (χ4v) is 4.46. The molecule has 0 N–H and O–H groups in total. The Labute approximate surface area is 158 Å². The van der Waals surface area contributed by atoms with Gasteiger partial charge in [-0.25, -0.2) is 0 Å². The number of nitro groups is 1. The Morgan fingerprint density at radius 2 is 1.57 bits per heavy atom. The van der Waals surface area contributed by atoms with E-state index in [2.05, 4.69) is 5.10 Å². The van der Waals surface area contributed by atoms with E-state index in [-0.39, 0.29) is 33.1 Å². The van der Waals surface area contributed by atoms with Crippen LogP contribution < -0.4 is 0 Å². The lowest BCUT2D eigenvalue weighted by atomic mass is 9.87. The molecule has 2 aromatic carbocycles. The molecule has 0 saturated heterocycles. The van der Waals surface area contributed by atoms with Crippen molar-refractivity contribution >= 4 is 27.3 Å². The molecule has 1 aliphatic carbocycles. The van der Waals surface area contributed by atoms with Crippen LogP contribution in [0.5, 0.6) is 0 Å². The Bertz CT molecular complexity index is 1290. The Kier molecular flexibility index (Phi) is 3.75. The summed E-state index contributed by atoms with van der Waals surface area (Å²) in [5, 5.41) is 14.9. The zero-order chi connectivity index (χ0) is 20.2. The SMILES string of the molecule is Cc1c2c(nn1S(=O)(=O)c1ccc([N+](=O)[O-])cc1)-c1ccccc1C(=O)C2=O. The smallest absolute Gasteiger partial charge is 0.283 e. The molecule has 10 heteroatoms. The molecule has 1 aliphatic rings. The van der Waals surface area contributed by atoms with E-state index in [1.54, 1.807) is 18.2 Å². The van der Waals surface area contributed by atoms with Gasteiger partial charge >= 0.3 is 0 Å². The fraction of sp³-hybridized carbons (Fsp3) is 0.0556. The molecule has 0 bridgehead atoms. The molecule has 0 aliphatic heterocycles. The number of carbonyl (C=O) groups is 2. The second kappa shape index (κ2) is 5.92. The zero-order valence-corrected chi connectivity index (χ0v) is 15.1. The molecule has 28 heavy (non-hydrogen) atoms. The van der Waals surface area contributed by atoms with Crippen LogP contribution in [-0.2, 0) is 10.0 Å². The minimum Gasteiger partial charge on any atom is -0.285 e. The van der Waals surface area contributed by atoms with Crippen molar-refractivity contribution in [3.05, 3.63) is 75.5 Å². The third-order valence-corrected chi connectivity index (χ3v) is 6.19. The Balaban J connectivity index is 1.92. The highest BCUT2D eigenvalue weighted by Crippen LogP contribution is 2.35. The van der Waals surface area contributed by atoms with Crippen LogP contribution in [0.1, 0.15) is 26.4 Å². The number of nitro benzene ring substituents is 1. The summed E-state index contributed by atoms with van der Waals surface area (Å²) in [4.78, 5) is 34.8. The van der Waals surface area contributed by atoms with Gasteiger partial charge in [0.1, 0.15) is 5.69 Å². The minimum atomic E-state index is -4.23. The second-order valence-corrected chi connectivity index (χ2v) is 7.88. The van der Waals surface area contributed by atoms with E-state index in [9.17, 15) is 28.1 Å². The lowest BCUT2D eigenvalue weighted by Crippen LogP contribution is -2.21. The first kappa shape index (κ1) is 17.7. The van der Waals surface area contributed by atoms with Gasteiger partial charge in [0, 0.05) is 23.3 Å². The number of carbonyl (C=O) groups excluding carboxylic acids is 2. The van der Waals surface area contributed by atoms with Crippen LogP contribution in [0.15, 0.2) is 53.4 Å². The molecule has 9 nitrogen and oxygen atoms in total. The van der Waals surface area contributed by atoms with Gasteiger partial charge in [0.25, 0.3) is 15.7 Å². The van der Waals surface area contributed by atoms with Gasteiger partial charge in [0.2, 0.25) is 11.6 Å². The topological polar surface area (TPSA) is 129 Å². The van der Waals surface area contributed by atoms with Crippen molar-refractivity contribution in [2.75, 3.05) is 0 Å². The van der Waals surface area contributed by atoms with Gasteiger partial charge in [-0.3, -0.25) is 19.7 Å². The Morgan fingerprint density at radius 1 is 0.964 bits per heavy atom. The molecule has 0 fully saturated rings. The largest absolute Gasteiger partial charge is 0.285 e. The summed E-state index contributed by atoms with van der Waals surface area (Å²) in [7, 11) is -4.23. The van der Waals surface area contributed by atoms with Crippen molar-refractivity contribution < 1.29 is 22.9 Å². The number of aromatic nitrogens is 2. The lowest BCUT2D eigenvalue weighted by molar-refractivity contribution is -0.384.